The molecule has 0 spiro atoms. The molecule has 0 saturated heterocycles. The van der Waals surface area contributed by atoms with Crippen molar-refractivity contribution in [1.82, 2.24) is 0 Å². The number of rotatable bonds is 12. The van der Waals surface area contributed by atoms with Gasteiger partial charge in [0.15, 0.2) is 5.75 Å². The number of ether oxygens (including phenoxy) is 1. The molecule has 6 aromatic carbocycles. The van der Waals surface area contributed by atoms with E-state index in [1.54, 1.807) is 54.6 Å². The molecule has 0 aliphatic rings. The molecule has 0 aliphatic heterocycles. The predicted molar refractivity (Wildman–Crippen MR) is 201 cm³/mol. The molecule has 0 saturated carbocycles. The zero-order valence-corrected chi connectivity index (χ0v) is 28.7. The van der Waals surface area contributed by atoms with Crippen molar-refractivity contribution in [2.45, 2.75) is 11.5 Å². The van der Waals surface area contributed by atoms with Gasteiger partial charge in [0.1, 0.15) is 22.0 Å². The lowest BCUT2D eigenvalue weighted by atomic mass is 10.1. The number of non-ortho nitro benzene ring substituents is 1. The van der Waals surface area contributed by atoms with E-state index in [-0.39, 0.29) is 23.6 Å². The predicted octanol–water partition coefficient (Wildman–Crippen LogP) is 9.95. The molecule has 0 amide bonds. The van der Waals surface area contributed by atoms with E-state index < -0.39 is 25.6 Å². The van der Waals surface area contributed by atoms with Gasteiger partial charge < -0.3 is 20.3 Å². The van der Waals surface area contributed by atoms with Gasteiger partial charge in [-0.15, -0.1) is 10.2 Å². The first-order valence-electron chi connectivity index (χ1n) is 15.8. The van der Waals surface area contributed by atoms with Crippen molar-refractivity contribution in [3.63, 3.8) is 0 Å². The van der Waals surface area contributed by atoms with Crippen LogP contribution in [0.3, 0.4) is 0 Å². The number of azo groups is 2. The van der Waals surface area contributed by atoms with E-state index in [9.17, 15) is 33.3 Å². The second-order valence-electron chi connectivity index (χ2n) is 11.5. The Morgan fingerprint density at radius 3 is 2.23 bits per heavy atom. The third-order valence-corrected chi connectivity index (χ3v) is 8.87. The molecule has 15 heteroatoms. The van der Waals surface area contributed by atoms with Crippen LogP contribution in [0.5, 0.6) is 11.5 Å². The molecular weight excluding hydrogens is 701 g/mol. The number of nitro groups is 1. The number of nitrogens with one attached hydrogen (secondary N) is 1. The minimum atomic E-state index is -4.72. The summed E-state index contributed by atoms with van der Waals surface area (Å²) in [5.74, 6) is 0.257. The van der Waals surface area contributed by atoms with Crippen molar-refractivity contribution in [1.29, 1.82) is 0 Å². The summed E-state index contributed by atoms with van der Waals surface area (Å²) < 4.78 is 38.7. The van der Waals surface area contributed by atoms with Gasteiger partial charge in [0.05, 0.1) is 30.0 Å². The lowest BCUT2D eigenvalue weighted by Crippen LogP contribution is -2.02. The molecule has 266 valence electrons. The minimum absolute atomic E-state index is 0.0417. The lowest BCUT2D eigenvalue weighted by Gasteiger charge is -2.10. The number of benzene rings is 6. The maximum absolute atomic E-state index is 11.8. The maximum atomic E-state index is 11.8. The molecule has 6 aromatic rings. The van der Waals surface area contributed by atoms with Crippen LogP contribution >= 0.6 is 0 Å². The summed E-state index contributed by atoms with van der Waals surface area (Å²) in [6.07, 6.45) is 2.97. The number of anilines is 2. The number of hydrogen-bond acceptors (Lipinski definition) is 12. The van der Waals surface area contributed by atoms with Crippen molar-refractivity contribution < 1.29 is 32.8 Å². The highest BCUT2D eigenvalue weighted by Crippen LogP contribution is 2.40. The molecule has 0 unspecified atom stereocenters. The smallest absolute Gasteiger partial charge is 0.295 e. The Bertz CT molecular complexity index is 2520. The Hall–Kier alpha value is -6.81. The van der Waals surface area contributed by atoms with E-state index in [0.717, 1.165) is 28.9 Å². The number of aliphatic hydroxyl groups excluding tert-OH is 1. The summed E-state index contributed by atoms with van der Waals surface area (Å²) in [6, 6.07) is 31.8. The van der Waals surface area contributed by atoms with Gasteiger partial charge in [0.2, 0.25) is 0 Å². The number of nitro benzene ring substituents is 1. The van der Waals surface area contributed by atoms with Gasteiger partial charge in [-0.25, -0.2) is 0 Å². The number of aliphatic hydroxyl groups is 1. The van der Waals surface area contributed by atoms with Crippen LogP contribution in [-0.4, -0.2) is 35.2 Å². The average molecular weight is 731 g/mol. The van der Waals surface area contributed by atoms with Crippen molar-refractivity contribution in [3.05, 3.63) is 142 Å². The Morgan fingerprint density at radius 1 is 0.792 bits per heavy atom. The molecule has 14 nitrogen and oxygen atoms in total. The summed E-state index contributed by atoms with van der Waals surface area (Å²) in [5, 5.41) is 54.0. The second-order valence-corrected chi connectivity index (χ2v) is 12.8. The van der Waals surface area contributed by atoms with Crippen LogP contribution in [0.15, 0.2) is 141 Å². The number of aromatic hydroxyl groups is 1. The molecular formula is C38H30N6O8S. The van der Waals surface area contributed by atoms with E-state index in [1.807, 2.05) is 48.5 Å². The van der Waals surface area contributed by atoms with Gasteiger partial charge >= 0.3 is 0 Å². The van der Waals surface area contributed by atoms with Gasteiger partial charge in [0.25, 0.3) is 15.8 Å². The fraction of sp³-hybridized carbons (Fsp3) is 0.0526. The van der Waals surface area contributed by atoms with Gasteiger partial charge in [-0.1, -0.05) is 48.6 Å². The highest BCUT2D eigenvalue weighted by molar-refractivity contribution is 7.86. The van der Waals surface area contributed by atoms with Crippen LogP contribution in [0.1, 0.15) is 16.7 Å². The Labute approximate surface area is 303 Å². The highest BCUT2D eigenvalue weighted by atomic mass is 32.2. The minimum Gasteiger partial charge on any atom is -0.505 e. The SMILES string of the molecule is COc1cc(N=Nc2ccc(C=Cc3ccc([N+](=O)[O-])cc3S(=O)(=O)O)cc2)c(CO)cc1N=Nc1ccc2cc(Nc3ccccc3)ccc2c1O. The molecule has 0 atom stereocenters. The van der Waals surface area contributed by atoms with E-state index in [1.165, 1.54) is 19.3 Å². The Morgan fingerprint density at radius 2 is 1.53 bits per heavy atom. The van der Waals surface area contributed by atoms with E-state index >= 15 is 0 Å². The van der Waals surface area contributed by atoms with Gasteiger partial charge in [-0.05, 0) is 77.2 Å². The first-order chi connectivity index (χ1) is 25.5. The van der Waals surface area contributed by atoms with Crippen molar-refractivity contribution in [2.75, 3.05) is 12.4 Å². The molecule has 6 rings (SSSR count). The van der Waals surface area contributed by atoms with Gasteiger partial charge in [-0.2, -0.15) is 18.6 Å². The molecule has 0 aromatic heterocycles. The highest BCUT2D eigenvalue weighted by Gasteiger charge is 2.19. The number of fused-ring (bicyclic) bond motifs is 1. The van der Waals surface area contributed by atoms with Crippen molar-refractivity contribution >= 4 is 72.9 Å². The summed E-state index contributed by atoms with van der Waals surface area (Å²) >= 11 is 0. The fourth-order valence-electron chi connectivity index (χ4n) is 5.27. The van der Waals surface area contributed by atoms with Crippen LogP contribution in [0.25, 0.3) is 22.9 Å². The first-order valence-corrected chi connectivity index (χ1v) is 17.2. The molecule has 0 aliphatic carbocycles. The van der Waals surface area contributed by atoms with Crippen LogP contribution in [0.2, 0.25) is 0 Å². The van der Waals surface area contributed by atoms with Crippen LogP contribution < -0.4 is 10.1 Å². The number of methoxy groups -OCH3 is 1. The monoisotopic (exact) mass is 730 g/mol. The maximum Gasteiger partial charge on any atom is 0.295 e. The zero-order valence-electron chi connectivity index (χ0n) is 27.9. The molecule has 0 radical (unpaired) electrons. The quantitative estimate of drug-likeness (QED) is 0.0310. The summed E-state index contributed by atoms with van der Waals surface area (Å²) in [5.41, 5.74) is 3.72. The van der Waals surface area contributed by atoms with E-state index in [4.69, 9.17) is 4.74 Å². The molecule has 0 bridgehead atoms. The third-order valence-electron chi connectivity index (χ3n) is 7.96. The molecule has 0 fully saturated rings. The second kappa shape index (κ2) is 15.6. The van der Waals surface area contributed by atoms with E-state index in [0.29, 0.717) is 39.3 Å². The Balaban J connectivity index is 1.18. The van der Waals surface area contributed by atoms with Crippen LogP contribution in [0.4, 0.5) is 39.8 Å². The number of para-hydroxylation sites is 1. The van der Waals surface area contributed by atoms with Crippen LogP contribution in [-0.2, 0) is 16.7 Å². The summed E-state index contributed by atoms with van der Waals surface area (Å²) in [7, 11) is -3.27. The molecule has 53 heavy (non-hydrogen) atoms. The largest absolute Gasteiger partial charge is 0.505 e. The lowest BCUT2D eigenvalue weighted by molar-refractivity contribution is -0.385. The zero-order chi connectivity index (χ0) is 37.5. The standard InChI is InChI=1S/C38H30N6O8S/c1-52-36-22-34(42-40-29-13-8-24(9-14-29)7-10-25-11-16-31(44(47)48)21-37(25)53(49,50)51)27(23-45)20-35(36)43-41-33-18-12-26-19-30(15-17-32(26)38(33)46)39-28-5-3-2-4-6-28/h2-22,39,45-46H,23H2,1H3,(H,49,50,51). The average Bonchev–Trinajstić information content (AvgIpc) is 3.16. The number of phenols is 1. The normalized spacial score (nSPS) is 11.9. The topological polar surface area (TPSA) is 209 Å². The molecule has 0 heterocycles. The summed E-state index contributed by atoms with van der Waals surface area (Å²) in [4.78, 5) is 9.71. The van der Waals surface area contributed by atoms with Gasteiger partial charge in [-0.3, -0.25) is 14.7 Å². The number of phenolic OH excluding ortho intramolecular Hbond substituents is 1. The fourth-order valence-corrected chi connectivity index (χ4v) is 5.97. The summed E-state index contributed by atoms with van der Waals surface area (Å²) in [6.45, 7) is -0.390. The van der Waals surface area contributed by atoms with Crippen LogP contribution in [0, 0.1) is 10.1 Å². The molecule has 4 N–H and O–H groups in total. The Kier molecular flexibility index (Phi) is 10.6. The number of nitrogens with zero attached hydrogens (tertiary/aromatic N) is 5. The van der Waals surface area contributed by atoms with E-state index in [2.05, 4.69) is 25.8 Å². The van der Waals surface area contributed by atoms with Crippen molar-refractivity contribution in [2.24, 2.45) is 20.5 Å². The number of hydrogen-bond donors (Lipinski definition) is 4. The van der Waals surface area contributed by atoms with Gasteiger partial charge in [0, 0.05) is 40.5 Å². The van der Waals surface area contributed by atoms with Crippen molar-refractivity contribution in [3.8, 4) is 11.5 Å². The third kappa shape index (κ3) is 8.57. The first kappa shape index (κ1) is 36.0.